The van der Waals surface area contributed by atoms with Gasteiger partial charge in [0.25, 0.3) is 5.91 Å². The molecule has 3 heterocycles. The highest BCUT2D eigenvalue weighted by Gasteiger charge is 2.69. The molecule has 16 heteroatoms. The lowest BCUT2D eigenvalue weighted by Gasteiger charge is -2.43. The van der Waals surface area contributed by atoms with Crippen molar-refractivity contribution >= 4 is 58.2 Å². The van der Waals surface area contributed by atoms with Gasteiger partial charge in [0.05, 0.1) is 47.4 Å². The Morgan fingerprint density at radius 3 is 2.41 bits per heavy atom. The molecule has 2 aliphatic heterocycles. The van der Waals surface area contributed by atoms with Gasteiger partial charge in [-0.25, -0.2) is 4.79 Å². The predicted octanol–water partition coefficient (Wildman–Crippen LogP) is 6.34. The Balaban J connectivity index is 1.05. The topological polar surface area (TPSA) is 144 Å². The summed E-state index contributed by atoms with van der Waals surface area (Å²) < 4.78 is 55.9. The molecule has 3 amide bonds. The molecule has 0 spiro atoms. The number of imide groups is 1. The first-order valence-corrected chi connectivity index (χ1v) is 18.9. The monoisotopic (exact) mass is 779 g/mol. The highest BCUT2D eigenvalue weighted by molar-refractivity contribution is 8.00. The van der Waals surface area contributed by atoms with Gasteiger partial charge in [0.1, 0.15) is 0 Å². The van der Waals surface area contributed by atoms with E-state index in [1.165, 1.54) is 24.1 Å². The number of halogens is 3. The summed E-state index contributed by atoms with van der Waals surface area (Å²) in [7, 11) is 1.44. The number of fused-ring (bicyclic) bond motifs is 9. The summed E-state index contributed by atoms with van der Waals surface area (Å²) in [5.74, 6) is -2.95. The zero-order valence-corrected chi connectivity index (χ0v) is 30.3. The van der Waals surface area contributed by atoms with Crippen LogP contribution < -0.4 is 24.6 Å². The molecule has 0 radical (unpaired) electrons. The summed E-state index contributed by atoms with van der Waals surface area (Å²) in [6.45, 7) is 1.42. The quantitative estimate of drug-likeness (QED) is 0.147. The molecule has 11 nitrogen and oxygen atoms in total. The Kier molecular flexibility index (Phi) is 9.07. The number of carbonyl (C=O) groups is 4. The number of amides is 3. The normalized spacial score (nSPS) is 25.2. The van der Waals surface area contributed by atoms with E-state index in [1.807, 2.05) is 6.07 Å². The average molecular weight is 780 g/mol. The number of hydrogen-bond acceptors (Lipinski definition) is 10. The Bertz CT molecular complexity index is 2240. The number of methoxy groups -OCH3 is 1. The summed E-state index contributed by atoms with van der Waals surface area (Å²) in [6, 6.07) is 15.8. The molecule has 3 fully saturated rings. The van der Waals surface area contributed by atoms with Crippen molar-refractivity contribution in [2.24, 2.45) is 29.6 Å². The van der Waals surface area contributed by atoms with Crippen LogP contribution in [-0.4, -0.2) is 54.2 Å². The van der Waals surface area contributed by atoms with Crippen molar-refractivity contribution in [3.63, 3.8) is 0 Å². The number of esters is 1. The van der Waals surface area contributed by atoms with Gasteiger partial charge in [-0.05, 0) is 91.3 Å². The average Bonchev–Trinajstić information content (AvgIpc) is 3.89. The van der Waals surface area contributed by atoms with Crippen LogP contribution in [0, 0.1) is 29.6 Å². The minimum atomic E-state index is -4.56. The first kappa shape index (κ1) is 35.9. The van der Waals surface area contributed by atoms with Crippen LogP contribution in [0.3, 0.4) is 0 Å². The number of benzene rings is 3. The smallest absolute Gasteiger partial charge is 0.416 e. The third-order valence-corrected chi connectivity index (χ3v) is 13.3. The fraction of sp³-hybridized carbons (Fsp3) is 0.342. The summed E-state index contributed by atoms with van der Waals surface area (Å²) in [5.41, 5.74) is 0.581. The highest BCUT2D eigenvalue weighted by Crippen LogP contribution is 2.69. The number of alkyl halides is 3. The lowest BCUT2D eigenvalue weighted by Crippen LogP contribution is -2.42. The van der Waals surface area contributed by atoms with Crippen LogP contribution in [0.1, 0.15) is 45.6 Å². The van der Waals surface area contributed by atoms with Gasteiger partial charge in [0.2, 0.25) is 11.8 Å². The van der Waals surface area contributed by atoms with Gasteiger partial charge < -0.3 is 24.5 Å². The molecule has 280 valence electrons. The summed E-state index contributed by atoms with van der Waals surface area (Å²) in [4.78, 5) is 70.6. The minimum Gasteiger partial charge on any atom is -0.493 e. The van der Waals surface area contributed by atoms with Gasteiger partial charge in [-0.1, -0.05) is 23.5 Å². The third kappa shape index (κ3) is 6.04. The zero-order chi connectivity index (χ0) is 38.1. The molecular formula is C38H32F3N3O8S2. The number of aromatic nitrogens is 1. The fourth-order valence-corrected chi connectivity index (χ4v) is 11.6. The maximum Gasteiger partial charge on any atom is 0.416 e. The van der Waals surface area contributed by atoms with Crippen molar-refractivity contribution in [2.75, 3.05) is 30.5 Å². The van der Waals surface area contributed by atoms with Crippen molar-refractivity contribution in [2.45, 2.75) is 35.7 Å². The zero-order valence-electron chi connectivity index (χ0n) is 28.7. The number of rotatable bonds is 9. The Morgan fingerprint density at radius 2 is 1.70 bits per heavy atom. The van der Waals surface area contributed by atoms with E-state index in [2.05, 4.69) is 10.3 Å². The first-order valence-electron chi connectivity index (χ1n) is 17.2. The van der Waals surface area contributed by atoms with E-state index < -0.39 is 42.1 Å². The molecule has 4 aliphatic rings. The van der Waals surface area contributed by atoms with Crippen LogP contribution in [0.2, 0.25) is 0 Å². The lowest BCUT2D eigenvalue weighted by molar-refractivity contribution is -0.137. The fourth-order valence-electron chi connectivity index (χ4n) is 8.72. The number of ether oxygens (including phenoxy) is 3. The van der Waals surface area contributed by atoms with Crippen molar-refractivity contribution in [1.82, 2.24) is 4.98 Å². The minimum absolute atomic E-state index is 0.0302. The molecule has 2 aliphatic carbocycles. The van der Waals surface area contributed by atoms with Crippen LogP contribution >= 0.6 is 23.1 Å². The highest BCUT2D eigenvalue weighted by atomic mass is 32.2. The summed E-state index contributed by atoms with van der Waals surface area (Å²) >= 11 is 2.66. The van der Waals surface area contributed by atoms with E-state index in [0.717, 1.165) is 38.9 Å². The molecule has 1 saturated heterocycles. The molecule has 0 unspecified atom stereocenters. The molecular weight excluding hydrogens is 748 g/mol. The predicted molar refractivity (Wildman–Crippen MR) is 192 cm³/mol. The van der Waals surface area contributed by atoms with Crippen molar-refractivity contribution in [3.8, 4) is 11.5 Å². The lowest BCUT2D eigenvalue weighted by atomic mass is 9.68. The number of hydrogen-bond donors (Lipinski definition) is 2. The molecule has 8 rings (SSSR count). The number of carbonyl (C=O) groups excluding carboxylic acids is 4. The van der Waals surface area contributed by atoms with Crippen molar-refractivity contribution in [1.29, 1.82) is 0 Å². The Labute approximate surface area is 314 Å². The number of nitrogens with one attached hydrogen (secondary N) is 2. The van der Waals surface area contributed by atoms with Gasteiger partial charge in [0, 0.05) is 21.7 Å². The van der Waals surface area contributed by atoms with Gasteiger partial charge in [0.15, 0.2) is 18.1 Å². The van der Waals surface area contributed by atoms with Crippen LogP contribution in [0.25, 0.3) is 0 Å². The van der Waals surface area contributed by atoms with Gasteiger partial charge in [-0.15, -0.1) is 11.8 Å². The van der Waals surface area contributed by atoms with E-state index in [9.17, 15) is 37.1 Å². The van der Waals surface area contributed by atoms with E-state index in [1.54, 1.807) is 55.1 Å². The molecule has 7 atom stereocenters. The largest absolute Gasteiger partial charge is 0.493 e. The number of anilines is 2. The van der Waals surface area contributed by atoms with Crippen molar-refractivity contribution < 1.29 is 46.6 Å². The number of thiazole rings is 1. The molecule has 4 aromatic rings. The number of thioether (sulfide) groups is 1. The molecule has 1 aromatic heterocycles. The molecule has 2 N–H and O–H groups in total. The number of aromatic amines is 1. The van der Waals surface area contributed by atoms with Crippen LogP contribution in [0.5, 0.6) is 11.5 Å². The maximum absolute atomic E-state index is 14.2. The van der Waals surface area contributed by atoms with Crippen LogP contribution in [0.15, 0.2) is 76.6 Å². The molecule has 3 aromatic carbocycles. The van der Waals surface area contributed by atoms with Crippen molar-refractivity contribution in [3.05, 3.63) is 98.0 Å². The maximum atomic E-state index is 14.2. The first-order chi connectivity index (χ1) is 25.9. The van der Waals surface area contributed by atoms with E-state index in [0.29, 0.717) is 23.4 Å². The Morgan fingerprint density at radius 1 is 0.963 bits per heavy atom. The molecule has 2 saturated carbocycles. The molecule has 2 bridgehead atoms. The van der Waals surface area contributed by atoms with E-state index in [4.69, 9.17) is 14.2 Å². The second kappa shape index (κ2) is 13.6. The van der Waals surface area contributed by atoms with Gasteiger partial charge in [-0.2, -0.15) is 13.2 Å². The number of H-pyrrole nitrogens is 1. The number of nitrogens with zero attached hydrogens (tertiary/aromatic N) is 1. The SMILES string of the molecule is CCOC(=O)c1ccc(N2C(=O)[C@H]3[C@H]4C[C@@H]([C@@H]3C2=O)[C@@H]2[C@H](c3ccc(OCC(=O)Nc5cccc(C(F)(F)F)c5)c(OC)c3)c3sc(=O)[nH]c3S[C@H]42)cc1. The Hall–Kier alpha value is -5.09. The second-order valence-electron chi connectivity index (χ2n) is 13.6. The summed E-state index contributed by atoms with van der Waals surface area (Å²) in [6.07, 6.45) is -3.88. The second-order valence-corrected chi connectivity index (χ2v) is 15.8. The van der Waals surface area contributed by atoms with Crippen LogP contribution in [0.4, 0.5) is 24.5 Å². The standard InChI is InChI=1S/C38H32F3N3O8S2/c1-3-51-36(48)17-7-10-21(11-8-17)44-34(46)29-22-15-23(30(29)35(44)47)31-28(22)27(32-33(53-31)43-37(49)54-32)18-9-12-24(25(13-18)50-2)52-16-26(45)42-20-6-4-5-19(14-20)38(39,40)41/h4-14,22-23,27-31H,3,15-16H2,1-2H3,(H,42,45)(H,43,49)/t22-,23-,27+,28-,29+,30+,31-/m1/s1. The summed E-state index contributed by atoms with van der Waals surface area (Å²) in [5, 5.41) is 3.08. The third-order valence-electron chi connectivity index (χ3n) is 10.7. The van der Waals surface area contributed by atoms with E-state index in [-0.39, 0.29) is 63.7 Å². The van der Waals surface area contributed by atoms with E-state index >= 15 is 0 Å². The van der Waals surface area contributed by atoms with Gasteiger partial charge >= 0.3 is 17.0 Å². The van der Waals surface area contributed by atoms with Crippen LogP contribution in [-0.2, 0) is 25.3 Å². The molecule has 54 heavy (non-hydrogen) atoms. The van der Waals surface area contributed by atoms with Gasteiger partial charge in [-0.3, -0.25) is 24.1 Å².